The van der Waals surface area contributed by atoms with Crippen LogP contribution in [0.3, 0.4) is 0 Å². The van der Waals surface area contributed by atoms with Crippen molar-refractivity contribution in [3.8, 4) is 11.5 Å². The van der Waals surface area contributed by atoms with E-state index in [0.717, 1.165) is 32.2 Å². The highest BCUT2D eigenvalue weighted by Crippen LogP contribution is 2.32. The highest BCUT2D eigenvalue weighted by Gasteiger charge is 2.24. The number of ether oxygens (including phenoxy) is 2. The third kappa shape index (κ3) is 5.03. The van der Waals surface area contributed by atoms with E-state index in [-0.39, 0.29) is 18.9 Å². The van der Waals surface area contributed by atoms with Crippen LogP contribution in [-0.4, -0.2) is 59.3 Å². The van der Waals surface area contributed by atoms with Gasteiger partial charge in [-0.3, -0.25) is 9.10 Å². The van der Waals surface area contributed by atoms with E-state index >= 15 is 0 Å². The molecule has 1 aromatic carbocycles. The Bertz CT molecular complexity index is 735. The third-order valence-corrected chi connectivity index (χ3v) is 5.79. The molecule has 146 valence electrons. The first kappa shape index (κ1) is 20.4. The number of nitrogens with zero attached hydrogens (tertiary/aromatic N) is 2. The van der Waals surface area contributed by atoms with Gasteiger partial charge in [-0.05, 0) is 30.9 Å². The minimum absolute atomic E-state index is 0.00863. The van der Waals surface area contributed by atoms with E-state index in [0.29, 0.717) is 23.1 Å². The number of benzene rings is 1. The van der Waals surface area contributed by atoms with Crippen molar-refractivity contribution in [3.05, 3.63) is 18.2 Å². The van der Waals surface area contributed by atoms with Crippen molar-refractivity contribution in [2.75, 3.05) is 44.4 Å². The molecule has 0 bridgehead atoms. The van der Waals surface area contributed by atoms with Gasteiger partial charge in [0.2, 0.25) is 15.9 Å². The zero-order valence-electron chi connectivity index (χ0n) is 15.9. The van der Waals surface area contributed by atoms with Gasteiger partial charge in [0, 0.05) is 32.1 Å². The fourth-order valence-electron chi connectivity index (χ4n) is 3.24. The van der Waals surface area contributed by atoms with Gasteiger partial charge in [0.05, 0.1) is 26.2 Å². The Morgan fingerprint density at radius 2 is 1.96 bits per heavy atom. The van der Waals surface area contributed by atoms with Crippen molar-refractivity contribution in [2.24, 2.45) is 5.92 Å². The molecule has 1 saturated heterocycles. The van der Waals surface area contributed by atoms with Crippen LogP contribution >= 0.6 is 0 Å². The monoisotopic (exact) mass is 384 g/mol. The summed E-state index contributed by atoms with van der Waals surface area (Å²) in [6, 6.07) is 4.91. The van der Waals surface area contributed by atoms with Crippen LogP contribution in [-0.2, 0) is 14.8 Å². The van der Waals surface area contributed by atoms with Crippen LogP contribution in [0.25, 0.3) is 0 Å². The fourth-order valence-corrected chi connectivity index (χ4v) is 4.16. The standard InChI is InChI=1S/C18H28N2O5S/c1-14-6-5-10-19(13-14)18(21)9-11-20(26(4,22)23)15-7-8-16(24-2)17(12-15)25-3/h7-8,12,14H,5-6,9-11,13H2,1-4H3. The molecular formula is C18H28N2O5S. The van der Waals surface area contributed by atoms with E-state index in [1.54, 1.807) is 18.2 Å². The normalized spacial score (nSPS) is 17.7. The summed E-state index contributed by atoms with van der Waals surface area (Å²) in [6.45, 7) is 3.72. The average molecular weight is 384 g/mol. The number of likely N-dealkylation sites (tertiary alicyclic amines) is 1. The van der Waals surface area contributed by atoms with Gasteiger partial charge in [0.25, 0.3) is 0 Å². The van der Waals surface area contributed by atoms with E-state index < -0.39 is 10.0 Å². The Balaban J connectivity index is 2.15. The van der Waals surface area contributed by atoms with Crippen LogP contribution < -0.4 is 13.8 Å². The predicted octanol–water partition coefficient (Wildman–Crippen LogP) is 2.12. The minimum atomic E-state index is -3.53. The van der Waals surface area contributed by atoms with Crippen molar-refractivity contribution in [1.29, 1.82) is 0 Å². The van der Waals surface area contributed by atoms with Crippen LogP contribution in [0.1, 0.15) is 26.2 Å². The van der Waals surface area contributed by atoms with E-state index in [4.69, 9.17) is 9.47 Å². The van der Waals surface area contributed by atoms with Crippen molar-refractivity contribution in [3.63, 3.8) is 0 Å². The van der Waals surface area contributed by atoms with Crippen LogP contribution in [0.4, 0.5) is 5.69 Å². The smallest absolute Gasteiger partial charge is 0.232 e. The quantitative estimate of drug-likeness (QED) is 0.720. The number of anilines is 1. The summed E-state index contributed by atoms with van der Waals surface area (Å²) in [5, 5.41) is 0. The lowest BCUT2D eigenvalue weighted by Crippen LogP contribution is -2.41. The molecule has 1 fully saturated rings. The number of carbonyl (C=O) groups excluding carboxylic acids is 1. The summed E-state index contributed by atoms with van der Waals surface area (Å²) in [5.41, 5.74) is 0.449. The largest absolute Gasteiger partial charge is 0.493 e. The number of amides is 1. The lowest BCUT2D eigenvalue weighted by molar-refractivity contribution is -0.132. The zero-order valence-corrected chi connectivity index (χ0v) is 16.7. The summed E-state index contributed by atoms with van der Waals surface area (Å²) in [7, 11) is -0.522. The minimum Gasteiger partial charge on any atom is -0.493 e. The second kappa shape index (κ2) is 8.62. The molecule has 7 nitrogen and oxygen atoms in total. The lowest BCUT2D eigenvalue weighted by Gasteiger charge is -2.32. The Morgan fingerprint density at radius 3 is 2.54 bits per heavy atom. The van der Waals surface area contributed by atoms with Crippen LogP contribution in [0.15, 0.2) is 18.2 Å². The maximum atomic E-state index is 12.5. The topological polar surface area (TPSA) is 76.2 Å². The third-order valence-electron chi connectivity index (χ3n) is 4.59. The number of hydrogen-bond acceptors (Lipinski definition) is 5. The van der Waals surface area contributed by atoms with E-state index in [1.165, 1.54) is 18.5 Å². The molecule has 1 unspecified atom stereocenters. The van der Waals surface area contributed by atoms with Crippen LogP contribution in [0.5, 0.6) is 11.5 Å². The molecule has 1 aliphatic heterocycles. The molecule has 0 spiro atoms. The zero-order chi connectivity index (χ0) is 19.3. The van der Waals surface area contributed by atoms with Gasteiger partial charge in [0.1, 0.15) is 0 Å². The highest BCUT2D eigenvalue weighted by atomic mass is 32.2. The number of piperidine rings is 1. The molecule has 0 radical (unpaired) electrons. The van der Waals surface area contributed by atoms with E-state index in [2.05, 4.69) is 6.92 Å². The van der Waals surface area contributed by atoms with Gasteiger partial charge in [-0.1, -0.05) is 6.92 Å². The van der Waals surface area contributed by atoms with Crippen molar-refractivity contribution < 1.29 is 22.7 Å². The van der Waals surface area contributed by atoms with Gasteiger partial charge >= 0.3 is 0 Å². The van der Waals surface area contributed by atoms with Gasteiger partial charge in [-0.2, -0.15) is 0 Å². The molecule has 1 atom stereocenters. The van der Waals surface area contributed by atoms with E-state index in [9.17, 15) is 13.2 Å². The first-order chi connectivity index (χ1) is 12.3. The lowest BCUT2D eigenvalue weighted by atomic mass is 10.00. The Morgan fingerprint density at radius 1 is 1.27 bits per heavy atom. The second-order valence-corrected chi connectivity index (χ2v) is 8.62. The Hall–Kier alpha value is -1.96. The Kier molecular flexibility index (Phi) is 6.75. The average Bonchev–Trinajstić information content (AvgIpc) is 2.60. The molecule has 8 heteroatoms. The molecule has 0 N–H and O–H groups in total. The number of carbonyl (C=O) groups is 1. The molecule has 0 aromatic heterocycles. The van der Waals surface area contributed by atoms with Gasteiger partial charge in [-0.15, -0.1) is 0 Å². The number of rotatable bonds is 7. The first-order valence-electron chi connectivity index (χ1n) is 8.73. The molecule has 26 heavy (non-hydrogen) atoms. The first-order valence-corrected chi connectivity index (χ1v) is 10.6. The molecule has 0 aliphatic carbocycles. The highest BCUT2D eigenvalue weighted by molar-refractivity contribution is 7.92. The van der Waals surface area contributed by atoms with Gasteiger partial charge < -0.3 is 14.4 Å². The van der Waals surface area contributed by atoms with Gasteiger partial charge in [0.15, 0.2) is 11.5 Å². The molecule has 2 rings (SSSR count). The summed E-state index contributed by atoms with van der Waals surface area (Å²) in [4.78, 5) is 14.3. The number of hydrogen-bond donors (Lipinski definition) is 0. The van der Waals surface area contributed by atoms with Crippen LogP contribution in [0.2, 0.25) is 0 Å². The summed E-state index contributed by atoms with van der Waals surface area (Å²) in [5.74, 6) is 1.44. The summed E-state index contributed by atoms with van der Waals surface area (Å²) < 4.78 is 36.2. The van der Waals surface area contributed by atoms with E-state index in [1.807, 2.05) is 4.90 Å². The van der Waals surface area contributed by atoms with Crippen LogP contribution in [0, 0.1) is 5.92 Å². The molecule has 1 aliphatic rings. The number of sulfonamides is 1. The molecule has 1 aromatic rings. The molecular weight excluding hydrogens is 356 g/mol. The fraction of sp³-hybridized carbons (Fsp3) is 0.611. The Labute approximate surface area is 155 Å². The summed E-state index contributed by atoms with van der Waals surface area (Å²) in [6.07, 6.45) is 3.41. The predicted molar refractivity (Wildman–Crippen MR) is 101 cm³/mol. The summed E-state index contributed by atoms with van der Waals surface area (Å²) >= 11 is 0. The maximum absolute atomic E-state index is 12.5. The molecule has 0 saturated carbocycles. The number of methoxy groups -OCH3 is 2. The van der Waals surface area contributed by atoms with Gasteiger partial charge in [-0.25, -0.2) is 8.42 Å². The second-order valence-electron chi connectivity index (χ2n) is 6.71. The van der Waals surface area contributed by atoms with Crippen molar-refractivity contribution in [1.82, 2.24) is 4.90 Å². The maximum Gasteiger partial charge on any atom is 0.232 e. The van der Waals surface area contributed by atoms with Crippen molar-refractivity contribution >= 4 is 21.6 Å². The molecule has 1 heterocycles. The van der Waals surface area contributed by atoms with Crippen molar-refractivity contribution in [2.45, 2.75) is 26.2 Å². The SMILES string of the molecule is COc1ccc(N(CCC(=O)N2CCCC(C)C2)S(C)(=O)=O)cc1OC. The molecule has 1 amide bonds.